The zero-order valence-corrected chi connectivity index (χ0v) is 13.1. The van der Waals surface area contributed by atoms with Crippen LogP contribution in [0.25, 0.3) is 10.9 Å². The zero-order chi connectivity index (χ0) is 17.3. The van der Waals surface area contributed by atoms with E-state index in [0.717, 1.165) is 12.1 Å². The van der Waals surface area contributed by atoms with Crippen molar-refractivity contribution in [3.8, 4) is 5.88 Å². The summed E-state index contributed by atoms with van der Waals surface area (Å²) in [6.07, 6.45) is 2.85. The predicted molar refractivity (Wildman–Crippen MR) is 86.2 cm³/mol. The molecular formula is C17H15F2N3O2. The lowest BCUT2D eigenvalue weighted by Crippen LogP contribution is -2.12. The Morgan fingerprint density at radius 2 is 2.00 bits per heavy atom. The second kappa shape index (κ2) is 6.27. The van der Waals surface area contributed by atoms with Crippen molar-refractivity contribution in [2.24, 2.45) is 0 Å². The van der Waals surface area contributed by atoms with Crippen molar-refractivity contribution < 1.29 is 18.3 Å². The molecule has 0 unspecified atom stereocenters. The number of carbonyl (C=O) groups is 1. The fourth-order valence-electron chi connectivity index (χ4n) is 2.24. The molecule has 2 aromatic heterocycles. The lowest BCUT2D eigenvalue weighted by molar-refractivity contribution is 0.102. The minimum atomic E-state index is -0.977. The molecule has 0 aliphatic carbocycles. The summed E-state index contributed by atoms with van der Waals surface area (Å²) in [4.78, 5) is 19.1. The third-order valence-corrected chi connectivity index (χ3v) is 3.33. The Morgan fingerprint density at radius 1 is 1.25 bits per heavy atom. The molecule has 124 valence electrons. The zero-order valence-electron chi connectivity index (χ0n) is 13.1. The molecular weight excluding hydrogens is 316 g/mol. The number of hydrogen-bond donors (Lipinski definition) is 2. The Balaban J connectivity index is 1.81. The summed E-state index contributed by atoms with van der Waals surface area (Å²) < 4.78 is 32.0. The van der Waals surface area contributed by atoms with E-state index in [2.05, 4.69) is 15.3 Å². The number of H-pyrrole nitrogens is 1. The van der Waals surface area contributed by atoms with Crippen molar-refractivity contribution in [2.45, 2.75) is 20.0 Å². The van der Waals surface area contributed by atoms with Crippen LogP contribution in [0.15, 0.2) is 36.7 Å². The van der Waals surface area contributed by atoms with Gasteiger partial charge in [-0.1, -0.05) is 0 Å². The summed E-state index contributed by atoms with van der Waals surface area (Å²) in [5, 5.41) is 3.03. The molecule has 1 amide bonds. The van der Waals surface area contributed by atoms with Crippen LogP contribution in [0.3, 0.4) is 0 Å². The number of pyridine rings is 1. The molecule has 7 heteroatoms. The Hall–Kier alpha value is -2.96. The highest BCUT2D eigenvalue weighted by molar-refractivity contribution is 6.08. The molecule has 0 saturated heterocycles. The Kier molecular flexibility index (Phi) is 4.16. The number of nitrogens with zero attached hydrogens (tertiary/aromatic N) is 1. The summed E-state index contributed by atoms with van der Waals surface area (Å²) in [5.74, 6) is -1.92. The number of amides is 1. The van der Waals surface area contributed by atoms with E-state index in [1.807, 2.05) is 13.8 Å². The number of anilines is 1. The van der Waals surface area contributed by atoms with Gasteiger partial charge in [0.2, 0.25) is 5.88 Å². The maximum atomic E-state index is 13.4. The number of hydrogen-bond acceptors (Lipinski definition) is 3. The average Bonchev–Trinajstić information content (AvgIpc) is 2.90. The summed E-state index contributed by atoms with van der Waals surface area (Å²) in [6.45, 7) is 3.75. The molecule has 0 aliphatic rings. The van der Waals surface area contributed by atoms with Crippen molar-refractivity contribution in [1.82, 2.24) is 9.97 Å². The maximum Gasteiger partial charge on any atom is 0.257 e. The van der Waals surface area contributed by atoms with Gasteiger partial charge in [0.25, 0.3) is 5.91 Å². The summed E-state index contributed by atoms with van der Waals surface area (Å²) in [7, 11) is 0. The third-order valence-electron chi connectivity index (χ3n) is 3.33. The standard InChI is InChI=1S/C17H15F2N3O2/c1-9(2)24-16-4-3-10(7-21-16)17(23)22-15-8-20-14-6-13(19)12(18)5-11(14)15/h3-9,20H,1-2H3,(H,22,23). The topological polar surface area (TPSA) is 67.0 Å². The lowest BCUT2D eigenvalue weighted by atomic mass is 10.2. The van der Waals surface area contributed by atoms with Gasteiger partial charge in [-0.15, -0.1) is 0 Å². The van der Waals surface area contributed by atoms with Gasteiger partial charge in [-0.05, 0) is 26.0 Å². The van der Waals surface area contributed by atoms with Crippen molar-refractivity contribution in [1.29, 1.82) is 0 Å². The van der Waals surface area contributed by atoms with Gasteiger partial charge < -0.3 is 15.0 Å². The van der Waals surface area contributed by atoms with Crippen LogP contribution >= 0.6 is 0 Å². The quantitative estimate of drug-likeness (QED) is 0.762. The second-order valence-electron chi connectivity index (χ2n) is 5.52. The number of nitrogens with one attached hydrogen (secondary N) is 2. The number of fused-ring (bicyclic) bond motifs is 1. The largest absolute Gasteiger partial charge is 0.475 e. The SMILES string of the molecule is CC(C)Oc1ccc(C(=O)Nc2c[nH]c3cc(F)c(F)cc23)cn1. The van der Waals surface area contributed by atoms with Crippen molar-refractivity contribution in [3.05, 3.63) is 53.9 Å². The minimum Gasteiger partial charge on any atom is -0.475 e. The van der Waals surface area contributed by atoms with Crippen molar-refractivity contribution in [2.75, 3.05) is 5.32 Å². The van der Waals surface area contributed by atoms with Gasteiger partial charge in [-0.25, -0.2) is 13.8 Å². The van der Waals surface area contributed by atoms with Crippen LogP contribution in [0.1, 0.15) is 24.2 Å². The summed E-state index contributed by atoms with van der Waals surface area (Å²) in [5.41, 5.74) is 1.07. The summed E-state index contributed by atoms with van der Waals surface area (Å²) in [6, 6.07) is 5.25. The van der Waals surface area contributed by atoms with Gasteiger partial charge in [0, 0.05) is 29.9 Å². The lowest BCUT2D eigenvalue weighted by Gasteiger charge is -2.09. The van der Waals surface area contributed by atoms with Crippen LogP contribution in [0.4, 0.5) is 14.5 Å². The fraction of sp³-hybridized carbons (Fsp3) is 0.176. The molecule has 0 atom stereocenters. The van der Waals surface area contributed by atoms with Crippen LogP contribution in [0.2, 0.25) is 0 Å². The van der Waals surface area contributed by atoms with E-state index in [4.69, 9.17) is 4.74 Å². The van der Waals surface area contributed by atoms with Gasteiger partial charge in [0.15, 0.2) is 11.6 Å². The van der Waals surface area contributed by atoms with Crippen LogP contribution in [0.5, 0.6) is 5.88 Å². The molecule has 3 aromatic rings. The fourth-order valence-corrected chi connectivity index (χ4v) is 2.24. The average molecular weight is 331 g/mol. The monoisotopic (exact) mass is 331 g/mol. The van der Waals surface area contributed by atoms with Gasteiger partial charge in [0.1, 0.15) is 0 Å². The van der Waals surface area contributed by atoms with E-state index in [-0.39, 0.29) is 6.10 Å². The molecule has 24 heavy (non-hydrogen) atoms. The molecule has 5 nitrogen and oxygen atoms in total. The molecule has 3 rings (SSSR count). The molecule has 0 saturated carbocycles. The number of rotatable bonds is 4. The number of benzene rings is 1. The molecule has 2 N–H and O–H groups in total. The number of ether oxygens (including phenoxy) is 1. The van der Waals surface area contributed by atoms with Gasteiger partial charge in [0.05, 0.1) is 22.9 Å². The highest BCUT2D eigenvalue weighted by Crippen LogP contribution is 2.26. The molecule has 1 aromatic carbocycles. The first-order valence-electron chi connectivity index (χ1n) is 7.34. The maximum absolute atomic E-state index is 13.4. The number of carbonyl (C=O) groups excluding carboxylic acids is 1. The molecule has 0 bridgehead atoms. The number of aromatic amines is 1. The van der Waals surface area contributed by atoms with Crippen LogP contribution in [0, 0.1) is 11.6 Å². The van der Waals surface area contributed by atoms with Crippen LogP contribution < -0.4 is 10.1 Å². The van der Waals surface area contributed by atoms with E-state index in [9.17, 15) is 13.6 Å². The normalized spacial score (nSPS) is 11.0. The van der Waals surface area contributed by atoms with E-state index in [1.54, 1.807) is 12.1 Å². The van der Waals surface area contributed by atoms with Gasteiger partial charge in [-0.2, -0.15) is 0 Å². The molecule has 0 aliphatic heterocycles. The number of aromatic nitrogens is 2. The molecule has 0 fully saturated rings. The smallest absolute Gasteiger partial charge is 0.257 e. The predicted octanol–water partition coefficient (Wildman–Crippen LogP) is 3.88. The van der Waals surface area contributed by atoms with Crippen molar-refractivity contribution in [3.63, 3.8) is 0 Å². The molecule has 0 spiro atoms. The molecule has 2 heterocycles. The van der Waals surface area contributed by atoms with Crippen molar-refractivity contribution >= 4 is 22.5 Å². The first-order chi connectivity index (χ1) is 11.4. The molecule has 0 radical (unpaired) electrons. The first kappa shape index (κ1) is 15.9. The van der Waals surface area contributed by atoms with E-state index in [0.29, 0.717) is 28.0 Å². The van der Waals surface area contributed by atoms with E-state index in [1.165, 1.54) is 12.4 Å². The van der Waals surface area contributed by atoms with Gasteiger partial charge in [-0.3, -0.25) is 4.79 Å². The minimum absolute atomic E-state index is 0.0151. The third kappa shape index (κ3) is 3.19. The first-order valence-corrected chi connectivity index (χ1v) is 7.34. The van der Waals surface area contributed by atoms with E-state index < -0.39 is 17.5 Å². The Labute approximate surface area is 136 Å². The highest BCUT2D eigenvalue weighted by atomic mass is 19.2. The van der Waals surface area contributed by atoms with Crippen LogP contribution in [-0.2, 0) is 0 Å². The van der Waals surface area contributed by atoms with E-state index >= 15 is 0 Å². The Morgan fingerprint density at radius 3 is 2.67 bits per heavy atom. The van der Waals surface area contributed by atoms with Gasteiger partial charge >= 0.3 is 0 Å². The Bertz CT molecular complexity index is 889. The highest BCUT2D eigenvalue weighted by Gasteiger charge is 2.13. The van der Waals surface area contributed by atoms with Crippen LogP contribution in [-0.4, -0.2) is 22.0 Å². The number of halogens is 2. The second-order valence-corrected chi connectivity index (χ2v) is 5.52. The summed E-state index contributed by atoms with van der Waals surface area (Å²) >= 11 is 0.